The van der Waals surface area contributed by atoms with Crippen LogP contribution in [0.25, 0.3) is 0 Å². The first-order valence-electron chi connectivity index (χ1n) is 6.41. The molecular weight excluding hydrogens is 236 g/mol. The molecule has 1 atom stereocenters. The normalized spacial score (nSPS) is 31.2. The molecule has 0 radical (unpaired) electrons. The molecule has 4 nitrogen and oxygen atoms in total. The van der Waals surface area contributed by atoms with Gasteiger partial charge < -0.3 is 10.2 Å². The van der Waals surface area contributed by atoms with Crippen LogP contribution < -0.4 is 5.32 Å². The molecular formula is C12H18N2O2S. The first-order valence-corrected chi connectivity index (χ1v) is 7.39. The number of hydrogen-bond acceptors (Lipinski definition) is 3. The van der Waals surface area contributed by atoms with Crippen molar-refractivity contribution in [2.45, 2.75) is 38.1 Å². The van der Waals surface area contributed by atoms with Crippen molar-refractivity contribution in [3.05, 3.63) is 0 Å². The van der Waals surface area contributed by atoms with Crippen LogP contribution >= 0.6 is 11.8 Å². The number of carbonyl (C=O) groups excluding carboxylic acids is 2. The topological polar surface area (TPSA) is 49.4 Å². The molecule has 3 aliphatic rings. The molecule has 3 fully saturated rings. The van der Waals surface area contributed by atoms with Gasteiger partial charge in [-0.2, -0.15) is 0 Å². The zero-order valence-electron chi connectivity index (χ0n) is 9.91. The fourth-order valence-electron chi connectivity index (χ4n) is 3.39. The zero-order valence-corrected chi connectivity index (χ0v) is 10.7. The highest BCUT2D eigenvalue weighted by molar-refractivity contribution is 8.14. The summed E-state index contributed by atoms with van der Waals surface area (Å²) in [6.07, 6.45) is 6.35. The van der Waals surface area contributed by atoms with Gasteiger partial charge in [-0.15, -0.1) is 0 Å². The molecule has 0 aromatic heterocycles. The molecule has 1 saturated carbocycles. The summed E-state index contributed by atoms with van der Waals surface area (Å²) in [6.45, 7) is 1.80. The first-order chi connectivity index (χ1) is 8.19. The molecule has 0 bridgehead atoms. The van der Waals surface area contributed by atoms with Crippen LogP contribution in [-0.4, -0.2) is 40.9 Å². The average Bonchev–Trinajstić information content (AvgIpc) is 3.02. The third kappa shape index (κ3) is 2.05. The number of likely N-dealkylation sites (tertiary alicyclic amines) is 1. The fraction of sp³-hybridized carbons (Fsp3) is 0.833. The second-order valence-electron chi connectivity index (χ2n) is 5.51. The molecule has 1 N–H and O–H groups in total. The molecule has 2 aliphatic heterocycles. The molecule has 2 amide bonds. The number of hydrogen-bond donors (Lipinski definition) is 1. The smallest absolute Gasteiger partial charge is 0.279 e. The van der Waals surface area contributed by atoms with E-state index in [-0.39, 0.29) is 17.2 Å². The minimum Gasteiger partial charge on any atom is -0.340 e. The van der Waals surface area contributed by atoms with Crippen molar-refractivity contribution in [1.29, 1.82) is 0 Å². The van der Waals surface area contributed by atoms with Crippen molar-refractivity contribution in [1.82, 2.24) is 10.2 Å². The third-order valence-electron chi connectivity index (χ3n) is 4.39. The first kappa shape index (κ1) is 11.4. The Morgan fingerprint density at radius 1 is 1.35 bits per heavy atom. The molecule has 2 heterocycles. The number of thioether (sulfide) groups is 1. The molecule has 1 spiro atoms. The highest BCUT2D eigenvalue weighted by Crippen LogP contribution is 2.45. The minimum atomic E-state index is -0.274. The lowest BCUT2D eigenvalue weighted by Crippen LogP contribution is -2.45. The third-order valence-corrected chi connectivity index (χ3v) is 5.27. The van der Waals surface area contributed by atoms with Gasteiger partial charge in [0.05, 0.1) is 0 Å². The van der Waals surface area contributed by atoms with Crippen LogP contribution in [0.1, 0.15) is 32.1 Å². The van der Waals surface area contributed by atoms with E-state index in [1.165, 1.54) is 37.4 Å². The van der Waals surface area contributed by atoms with E-state index in [2.05, 4.69) is 5.32 Å². The van der Waals surface area contributed by atoms with Crippen LogP contribution in [0.5, 0.6) is 0 Å². The summed E-state index contributed by atoms with van der Waals surface area (Å²) in [7, 11) is 0. The summed E-state index contributed by atoms with van der Waals surface area (Å²) in [5, 5.41) is 2.69. The zero-order chi connectivity index (χ0) is 11.9. The summed E-state index contributed by atoms with van der Waals surface area (Å²) >= 11 is 1.22. The Labute approximate surface area is 105 Å². The van der Waals surface area contributed by atoms with Gasteiger partial charge in [0.15, 0.2) is 0 Å². The van der Waals surface area contributed by atoms with Crippen molar-refractivity contribution in [2.75, 3.05) is 18.8 Å². The van der Waals surface area contributed by atoms with Gasteiger partial charge in [0.2, 0.25) is 5.91 Å². The summed E-state index contributed by atoms with van der Waals surface area (Å²) < 4.78 is 0. The molecule has 94 valence electrons. The highest BCUT2D eigenvalue weighted by Gasteiger charge is 2.43. The Balaban J connectivity index is 1.62. The van der Waals surface area contributed by atoms with Crippen molar-refractivity contribution < 1.29 is 9.59 Å². The summed E-state index contributed by atoms with van der Waals surface area (Å²) in [5.74, 6) is 0.730. The number of carbonyl (C=O) groups is 2. The predicted molar refractivity (Wildman–Crippen MR) is 66.9 cm³/mol. The summed E-state index contributed by atoms with van der Waals surface area (Å²) in [4.78, 5) is 25.3. The Hall–Kier alpha value is -0.710. The lowest BCUT2D eigenvalue weighted by atomic mass is 9.86. The largest absolute Gasteiger partial charge is 0.340 e. The van der Waals surface area contributed by atoms with E-state index in [0.717, 1.165) is 19.5 Å². The van der Waals surface area contributed by atoms with Crippen molar-refractivity contribution >= 4 is 22.9 Å². The van der Waals surface area contributed by atoms with Gasteiger partial charge in [-0.1, -0.05) is 24.6 Å². The van der Waals surface area contributed by atoms with Crippen LogP contribution in [0.2, 0.25) is 0 Å². The van der Waals surface area contributed by atoms with Crippen LogP contribution in [-0.2, 0) is 4.79 Å². The maximum absolute atomic E-state index is 12.2. The van der Waals surface area contributed by atoms with Crippen LogP contribution in [0.15, 0.2) is 0 Å². The quantitative estimate of drug-likeness (QED) is 0.773. The molecule has 17 heavy (non-hydrogen) atoms. The standard InChI is InChI=1S/C12H18N2O2S/c15-10(9-7-17-11(16)13-9)14-6-5-12(8-14)3-1-2-4-12/h9H,1-8H2,(H,13,16)/t9-/m0/s1. The minimum absolute atomic E-state index is 0.0573. The Morgan fingerprint density at radius 2 is 2.12 bits per heavy atom. The maximum Gasteiger partial charge on any atom is 0.279 e. The van der Waals surface area contributed by atoms with E-state index in [0.29, 0.717) is 11.2 Å². The fourth-order valence-corrected chi connectivity index (χ4v) is 4.16. The maximum atomic E-state index is 12.2. The van der Waals surface area contributed by atoms with E-state index >= 15 is 0 Å². The van der Waals surface area contributed by atoms with Gasteiger partial charge in [-0.05, 0) is 24.7 Å². The van der Waals surface area contributed by atoms with Gasteiger partial charge in [0.1, 0.15) is 6.04 Å². The predicted octanol–water partition coefficient (Wildman–Crippen LogP) is 1.60. The van der Waals surface area contributed by atoms with Gasteiger partial charge in [-0.25, -0.2) is 0 Å². The Morgan fingerprint density at radius 3 is 2.76 bits per heavy atom. The number of nitrogens with zero attached hydrogens (tertiary/aromatic N) is 1. The van der Waals surface area contributed by atoms with Gasteiger partial charge in [-0.3, -0.25) is 9.59 Å². The van der Waals surface area contributed by atoms with E-state index < -0.39 is 0 Å². The van der Waals surface area contributed by atoms with E-state index in [1.807, 2.05) is 4.90 Å². The molecule has 3 rings (SSSR count). The Bertz CT molecular complexity index is 352. The molecule has 0 unspecified atom stereocenters. The molecule has 0 aromatic carbocycles. The van der Waals surface area contributed by atoms with Crippen LogP contribution in [0, 0.1) is 5.41 Å². The van der Waals surface area contributed by atoms with Gasteiger partial charge in [0, 0.05) is 18.8 Å². The molecule has 0 aromatic rings. The van der Waals surface area contributed by atoms with Crippen molar-refractivity contribution in [3.8, 4) is 0 Å². The summed E-state index contributed by atoms with van der Waals surface area (Å²) in [5.41, 5.74) is 0.422. The SMILES string of the molecule is O=C1N[C@H](C(=O)N2CCC3(CCCC3)C2)CS1. The van der Waals surface area contributed by atoms with Crippen LogP contribution in [0.3, 0.4) is 0 Å². The average molecular weight is 254 g/mol. The monoisotopic (exact) mass is 254 g/mol. The van der Waals surface area contributed by atoms with Crippen molar-refractivity contribution in [2.24, 2.45) is 5.41 Å². The van der Waals surface area contributed by atoms with Gasteiger partial charge in [0.25, 0.3) is 5.24 Å². The molecule has 2 saturated heterocycles. The van der Waals surface area contributed by atoms with E-state index in [9.17, 15) is 9.59 Å². The molecule has 5 heteroatoms. The lowest BCUT2D eigenvalue weighted by molar-refractivity contribution is -0.131. The van der Waals surface area contributed by atoms with E-state index in [1.54, 1.807) is 0 Å². The number of nitrogens with one attached hydrogen (secondary N) is 1. The Kier molecular flexibility index (Phi) is 2.81. The number of rotatable bonds is 1. The van der Waals surface area contributed by atoms with Crippen molar-refractivity contribution in [3.63, 3.8) is 0 Å². The second kappa shape index (κ2) is 4.19. The van der Waals surface area contributed by atoms with Crippen LogP contribution in [0.4, 0.5) is 4.79 Å². The molecule has 1 aliphatic carbocycles. The number of amides is 2. The van der Waals surface area contributed by atoms with E-state index in [4.69, 9.17) is 0 Å². The van der Waals surface area contributed by atoms with Gasteiger partial charge >= 0.3 is 0 Å². The lowest BCUT2D eigenvalue weighted by Gasteiger charge is -2.24. The highest BCUT2D eigenvalue weighted by atomic mass is 32.2. The second-order valence-corrected chi connectivity index (χ2v) is 6.51. The summed E-state index contributed by atoms with van der Waals surface area (Å²) in [6, 6.07) is -0.274.